The highest BCUT2D eigenvalue weighted by Crippen LogP contribution is 2.37. The molecule has 1 aliphatic heterocycles. The van der Waals surface area contributed by atoms with Crippen molar-refractivity contribution >= 4 is 23.1 Å². The first kappa shape index (κ1) is 9.45. The Labute approximate surface area is 85.4 Å². The molecule has 5 heteroatoms. The molecule has 0 radical (unpaired) electrons. The van der Waals surface area contributed by atoms with Gasteiger partial charge in [0.1, 0.15) is 5.01 Å². The highest BCUT2D eigenvalue weighted by Gasteiger charge is 2.39. The van der Waals surface area contributed by atoms with E-state index in [1.54, 1.807) is 18.0 Å². The topological polar surface area (TPSA) is 59.1 Å². The first-order valence-electron chi connectivity index (χ1n) is 4.17. The van der Waals surface area contributed by atoms with Crippen LogP contribution in [0.1, 0.15) is 17.5 Å². The smallest absolute Gasteiger partial charge is 0.112 e. The fraction of sp³-hybridized carbons (Fsp3) is 0.625. The van der Waals surface area contributed by atoms with Crippen LogP contribution >= 0.6 is 23.1 Å². The number of nitrogens with zero attached hydrogens (tertiary/aromatic N) is 1. The van der Waals surface area contributed by atoms with E-state index in [9.17, 15) is 5.11 Å². The minimum atomic E-state index is -0.734. The summed E-state index contributed by atoms with van der Waals surface area (Å²) in [4.78, 5) is 4.13. The van der Waals surface area contributed by atoms with E-state index in [1.165, 1.54) is 11.3 Å². The molecule has 72 valence electrons. The lowest BCUT2D eigenvalue weighted by molar-refractivity contribution is 0.0400. The molecule has 0 aromatic carbocycles. The summed E-state index contributed by atoms with van der Waals surface area (Å²) < 4.78 is 0. The Bertz CT molecular complexity index is 270. The molecule has 1 aromatic rings. The Morgan fingerprint density at radius 3 is 3.08 bits per heavy atom. The third-order valence-electron chi connectivity index (χ3n) is 2.33. The second-order valence-corrected chi connectivity index (χ2v) is 5.29. The maximum Gasteiger partial charge on any atom is 0.112 e. The molecule has 0 amide bonds. The average Bonchev–Trinajstić information content (AvgIpc) is 2.73. The lowest BCUT2D eigenvalue weighted by Crippen LogP contribution is -2.41. The van der Waals surface area contributed by atoms with Gasteiger partial charge in [-0.2, -0.15) is 11.8 Å². The zero-order chi connectivity index (χ0) is 9.31. The zero-order valence-corrected chi connectivity index (χ0v) is 8.77. The van der Waals surface area contributed by atoms with Crippen molar-refractivity contribution < 1.29 is 5.11 Å². The first-order valence-corrected chi connectivity index (χ1v) is 6.21. The van der Waals surface area contributed by atoms with Crippen LogP contribution in [0.25, 0.3) is 0 Å². The SMILES string of the molecule is NC(c1nccs1)C1(O)CCSC1. The van der Waals surface area contributed by atoms with Crippen LogP contribution in [0.3, 0.4) is 0 Å². The third kappa shape index (κ3) is 1.74. The van der Waals surface area contributed by atoms with Crippen molar-refractivity contribution in [3.05, 3.63) is 16.6 Å². The van der Waals surface area contributed by atoms with Crippen molar-refractivity contribution in [2.45, 2.75) is 18.1 Å². The van der Waals surface area contributed by atoms with Gasteiger partial charge in [-0.3, -0.25) is 0 Å². The lowest BCUT2D eigenvalue weighted by atomic mass is 9.95. The van der Waals surface area contributed by atoms with Gasteiger partial charge in [0, 0.05) is 17.3 Å². The molecule has 0 saturated carbocycles. The predicted octanol–water partition coefficient (Wildman–Crippen LogP) is 1.01. The standard InChI is InChI=1S/C8H12N2OS2/c9-6(7-10-2-4-13-7)8(11)1-3-12-5-8/h2,4,6,11H,1,3,5,9H2. The van der Waals surface area contributed by atoms with Crippen molar-refractivity contribution in [1.29, 1.82) is 0 Å². The molecule has 0 bridgehead atoms. The normalized spacial score (nSPS) is 30.6. The molecule has 3 N–H and O–H groups in total. The molecule has 0 spiro atoms. The van der Waals surface area contributed by atoms with E-state index in [1.807, 2.05) is 5.38 Å². The van der Waals surface area contributed by atoms with Gasteiger partial charge in [0.2, 0.25) is 0 Å². The Morgan fingerprint density at radius 2 is 2.54 bits per heavy atom. The number of hydrogen-bond acceptors (Lipinski definition) is 5. The fourth-order valence-electron chi connectivity index (χ4n) is 1.43. The van der Waals surface area contributed by atoms with Crippen LogP contribution in [0.15, 0.2) is 11.6 Å². The molecule has 1 fully saturated rings. The summed E-state index contributed by atoms with van der Waals surface area (Å²) in [7, 11) is 0. The molecule has 13 heavy (non-hydrogen) atoms. The Kier molecular flexibility index (Phi) is 2.60. The molecule has 0 aliphatic carbocycles. The number of aliphatic hydroxyl groups is 1. The maximum absolute atomic E-state index is 10.2. The zero-order valence-electron chi connectivity index (χ0n) is 7.14. The lowest BCUT2D eigenvalue weighted by Gasteiger charge is -2.26. The predicted molar refractivity (Wildman–Crippen MR) is 55.9 cm³/mol. The summed E-state index contributed by atoms with van der Waals surface area (Å²) in [5.41, 5.74) is 5.23. The van der Waals surface area contributed by atoms with Crippen molar-refractivity contribution in [2.24, 2.45) is 5.73 Å². The molecule has 2 rings (SSSR count). The van der Waals surface area contributed by atoms with Gasteiger partial charge in [0.25, 0.3) is 0 Å². The summed E-state index contributed by atoms with van der Waals surface area (Å²) in [5, 5.41) is 12.9. The number of rotatable bonds is 2. The Balaban J connectivity index is 2.16. The molecule has 1 aliphatic rings. The molecule has 1 aromatic heterocycles. The number of thioether (sulfide) groups is 1. The van der Waals surface area contributed by atoms with Gasteiger partial charge in [0.05, 0.1) is 11.6 Å². The summed E-state index contributed by atoms with van der Waals surface area (Å²) in [6, 6.07) is -0.317. The van der Waals surface area contributed by atoms with E-state index in [-0.39, 0.29) is 6.04 Å². The van der Waals surface area contributed by atoms with Crippen LogP contribution in [0.2, 0.25) is 0 Å². The summed E-state index contributed by atoms with van der Waals surface area (Å²) in [5.74, 6) is 1.73. The number of aromatic nitrogens is 1. The average molecular weight is 216 g/mol. The molecule has 1 saturated heterocycles. The molecular formula is C8H12N2OS2. The van der Waals surface area contributed by atoms with Gasteiger partial charge in [-0.1, -0.05) is 0 Å². The van der Waals surface area contributed by atoms with E-state index in [0.717, 1.165) is 22.9 Å². The van der Waals surface area contributed by atoms with Gasteiger partial charge in [-0.05, 0) is 12.2 Å². The summed E-state index contributed by atoms with van der Waals surface area (Å²) >= 11 is 3.26. The van der Waals surface area contributed by atoms with Crippen LogP contribution < -0.4 is 5.73 Å². The highest BCUT2D eigenvalue weighted by atomic mass is 32.2. The minimum Gasteiger partial charge on any atom is -0.387 e. The molecule has 2 heterocycles. The van der Waals surface area contributed by atoms with Crippen molar-refractivity contribution in [1.82, 2.24) is 4.98 Å². The quantitative estimate of drug-likeness (QED) is 0.774. The molecule has 2 atom stereocenters. The summed E-state index contributed by atoms with van der Waals surface area (Å²) in [6.07, 6.45) is 2.50. The Hall–Kier alpha value is -0.100. The monoisotopic (exact) mass is 216 g/mol. The summed E-state index contributed by atoms with van der Waals surface area (Å²) in [6.45, 7) is 0. The van der Waals surface area contributed by atoms with Gasteiger partial charge in [-0.25, -0.2) is 4.98 Å². The van der Waals surface area contributed by atoms with E-state index in [0.29, 0.717) is 0 Å². The Morgan fingerprint density at radius 1 is 1.69 bits per heavy atom. The van der Waals surface area contributed by atoms with Crippen LogP contribution in [0.4, 0.5) is 0 Å². The first-order chi connectivity index (χ1) is 6.22. The third-order valence-corrected chi connectivity index (χ3v) is 4.38. The molecule has 3 nitrogen and oxygen atoms in total. The van der Waals surface area contributed by atoms with E-state index in [2.05, 4.69) is 4.98 Å². The van der Waals surface area contributed by atoms with E-state index in [4.69, 9.17) is 5.73 Å². The van der Waals surface area contributed by atoms with E-state index < -0.39 is 5.60 Å². The fourth-order valence-corrected chi connectivity index (χ4v) is 3.50. The minimum absolute atomic E-state index is 0.317. The molecule has 2 unspecified atom stereocenters. The van der Waals surface area contributed by atoms with E-state index >= 15 is 0 Å². The number of hydrogen-bond donors (Lipinski definition) is 2. The van der Waals surface area contributed by atoms with Crippen LogP contribution in [0.5, 0.6) is 0 Å². The van der Waals surface area contributed by atoms with Gasteiger partial charge < -0.3 is 10.8 Å². The maximum atomic E-state index is 10.2. The van der Waals surface area contributed by atoms with Crippen molar-refractivity contribution in [3.8, 4) is 0 Å². The van der Waals surface area contributed by atoms with Gasteiger partial charge in [0.15, 0.2) is 0 Å². The van der Waals surface area contributed by atoms with Crippen LogP contribution in [-0.2, 0) is 0 Å². The number of thiazole rings is 1. The van der Waals surface area contributed by atoms with Crippen LogP contribution in [0, 0.1) is 0 Å². The number of nitrogens with two attached hydrogens (primary N) is 1. The molecular weight excluding hydrogens is 204 g/mol. The second-order valence-electron chi connectivity index (χ2n) is 3.25. The second kappa shape index (κ2) is 3.57. The van der Waals surface area contributed by atoms with Crippen LogP contribution in [-0.4, -0.2) is 27.2 Å². The largest absolute Gasteiger partial charge is 0.387 e. The highest BCUT2D eigenvalue weighted by molar-refractivity contribution is 7.99. The van der Waals surface area contributed by atoms with Crippen molar-refractivity contribution in [3.63, 3.8) is 0 Å². The van der Waals surface area contributed by atoms with Crippen molar-refractivity contribution in [2.75, 3.05) is 11.5 Å². The van der Waals surface area contributed by atoms with Gasteiger partial charge >= 0.3 is 0 Å². The van der Waals surface area contributed by atoms with Gasteiger partial charge in [-0.15, -0.1) is 11.3 Å².